The molecule has 0 unspecified atom stereocenters. The zero-order chi connectivity index (χ0) is 23.8. The zero-order valence-electron chi connectivity index (χ0n) is 17.3. The zero-order valence-corrected chi connectivity index (χ0v) is 17.3. The predicted molar refractivity (Wildman–Crippen MR) is 116 cm³/mol. The van der Waals surface area contributed by atoms with Crippen LogP contribution in [-0.4, -0.2) is 0 Å². The van der Waals surface area contributed by atoms with Crippen LogP contribution in [0.2, 0.25) is 0 Å². The number of hydrogen-bond acceptors (Lipinski definition) is 0. The molecule has 6 heteroatoms. The van der Waals surface area contributed by atoms with Gasteiger partial charge in [0.2, 0.25) is 0 Å². The third kappa shape index (κ3) is 4.58. The molecule has 0 radical (unpaired) electrons. The number of fused-ring (bicyclic) bond motifs is 1. The van der Waals surface area contributed by atoms with E-state index in [-0.39, 0.29) is 11.1 Å². The van der Waals surface area contributed by atoms with E-state index in [0.29, 0.717) is 22.9 Å². The third-order valence-corrected chi connectivity index (χ3v) is 5.32. The minimum atomic E-state index is -5.17. The number of benzene rings is 4. The second-order valence-corrected chi connectivity index (χ2v) is 7.48. The molecular formula is C27H16F6. The number of hydrogen-bond donors (Lipinski definition) is 0. The Morgan fingerprint density at radius 1 is 0.727 bits per heavy atom. The highest BCUT2D eigenvalue weighted by atomic mass is 19.4. The van der Waals surface area contributed by atoms with Gasteiger partial charge in [-0.3, -0.25) is 0 Å². The van der Waals surface area contributed by atoms with Crippen LogP contribution in [0.25, 0.3) is 21.9 Å². The fraction of sp³-hybridized carbons (Fsp3) is 0.111. The first kappa shape index (κ1) is 22.5. The monoisotopic (exact) mass is 454 g/mol. The van der Waals surface area contributed by atoms with E-state index < -0.39 is 29.2 Å². The lowest BCUT2D eigenvalue weighted by atomic mass is 9.98. The fourth-order valence-electron chi connectivity index (χ4n) is 3.56. The Kier molecular flexibility index (Phi) is 5.90. The maximum Gasteiger partial charge on any atom is 0.422 e. The van der Waals surface area contributed by atoms with Crippen LogP contribution < -0.4 is 0 Å². The van der Waals surface area contributed by atoms with Crippen LogP contribution in [0.5, 0.6) is 0 Å². The molecule has 0 spiro atoms. The highest BCUT2D eigenvalue weighted by Crippen LogP contribution is 2.34. The molecule has 0 aromatic heterocycles. The van der Waals surface area contributed by atoms with Crippen molar-refractivity contribution in [3.63, 3.8) is 0 Å². The molecule has 4 rings (SSSR count). The van der Waals surface area contributed by atoms with Crippen molar-refractivity contribution in [3.8, 4) is 23.0 Å². The molecule has 0 N–H and O–H groups in total. The molecule has 0 aliphatic heterocycles. The van der Waals surface area contributed by atoms with Crippen molar-refractivity contribution in [2.75, 3.05) is 0 Å². The molecule has 0 aliphatic rings. The van der Waals surface area contributed by atoms with Crippen LogP contribution in [0.4, 0.5) is 26.3 Å². The van der Waals surface area contributed by atoms with Gasteiger partial charge in [0.25, 0.3) is 0 Å². The molecule has 0 bridgehead atoms. The summed E-state index contributed by atoms with van der Waals surface area (Å²) in [6.07, 6.45) is -4.24. The van der Waals surface area contributed by atoms with Crippen LogP contribution in [0.15, 0.2) is 66.7 Å². The summed E-state index contributed by atoms with van der Waals surface area (Å²) in [6.45, 7) is 2.07. The van der Waals surface area contributed by atoms with E-state index in [1.165, 1.54) is 11.6 Å². The standard InChI is InChI=1S/C27H16F6/c1-2-16-3-6-18(7-4-16)20-11-12-22-21(15-20)10-9-19(26(22)30)8-5-17-13-23(28)25(24(29)14-17)27(31,32)33/h3-4,6-7,9-15H,2H2,1H3. The molecule has 0 saturated carbocycles. The van der Waals surface area contributed by atoms with Crippen molar-refractivity contribution in [2.24, 2.45) is 0 Å². The van der Waals surface area contributed by atoms with Gasteiger partial charge in [-0.15, -0.1) is 0 Å². The smallest absolute Gasteiger partial charge is 0.206 e. The van der Waals surface area contributed by atoms with Crippen molar-refractivity contribution >= 4 is 10.8 Å². The molecule has 0 fully saturated rings. The van der Waals surface area contributed by atoms with Crippen LogP contribution >= 0.6 is 0 Å². The van der Waals surface area contributed by atoms with Crippen molar-refractivity contribution in [2.45, 2.75) is 19.5 Å². The van der Waals surface area contributed by atoms with E-state index in [9.17, 15) is 26.3 Å². The average Bonchev–Trinajstić information content (AvgIpc) is 2.77. The van der Waals surface area contributed by atoms with Gasteiger partial charge < -0.3 is 0 Å². The highest BCUT2D eigenvalue weighted by Gasteiger charge is 2.37. The van der Waals surface area contributed by atoms with Gasteiger partial charge in [0, 0.05) is 10.9 Å². The largest absolute Gasteiger partial charge is 0.422 e. The van der Waals surface area contributed by atoms with Crippen LogP contribution in [0.1, 0.15) is 29.2 Å². The van der Waals surface area contributed by atoms with Crippen molar-refractivity contribution in [1.82, 2.24) is 0 Å². The predicted octanol–water partition coefficient (Wildman–Crippen LogP) is 7.91. The highest BCUT2D eigenvalue weighted by molar-refractivity contribution is 5.89. The minimum absolute atomic E-state index is 0.0386. The lowest BCUT2D eigenvalue weighted by molar-refractivity contribution is -0.142. The summed E-state index contributed by atoms with van der Waals surface area (Å²) in [7, 11) is 0. The van der Waals surface area contributed by atoms with E-state index in [4.69, 9.17) is 0 Å². The van der Waals surface area contributed by atoms with E-state index in [1.807, 2.05) is 30.3 Å². The number of alkyl halides is 3. The molecule has 0 nitrogen and oxygen atoms in total. The van der Waals surface area contributed by atoms with Gasteiger partial charge in [-0.05, 0) is 52.8 Å². The van der Waals surface area contributed by atoms with Crippen LogP contribution in [0.3, 0.4) is 0 Å². The van der Waals surface area contributed by atoms with Gasteiger partial charge in [-0.2, -0.15) is 13.2 Å². The summed E-state index contributed by atoms with van der Waals surface area (Å²) in [5, 5.41) is 0.947. The first-order valence-electron chi connectivity index (χ1n) is 10.1. The molecular weight excluding hydrogens is 438 g/mol. The SMILES string of the molecule is CCc1ccc(-c2ccc3c(F)c(C#Cc4cc(F)c(C(F)(F)F)c(F)c4)ccc3c2)cc1. The quantitative estimate of drug-likeness (QED) is 0.213. The first-order chi connectivity index (χ1) is 15.7. The first-order valence-corrected chi connectivity index (χ1v) is 10.1. The average molecular weight is 454 g/mol. The van der Waals surface area contributed by atoms with Gasteiger partial charge in [-0.25, -0.2) is 13.2 Å². The summed E-state index contributed by atoms with van der Waals surface area (Å²) in [6, 6.07) is 17.4. The second kappa shape index (κ2) is 8.67. The molecule has 4 aromatic carbocycles. The van der Waals surface area contributed by atoms with Gasteiger partial charge in [0.1, 0.15) is 23.0 Å². The van der Waals surface area contributed by atoms with Gasteiger partial charge >= 0.3 is 6.18 Å². The Balaban J connectivity index is 1.68. The third-order valence-electron chi connectivity index (χ3n) is 5.32. The fourth-order valence-corrected chi connectivity index (χ4v) is 3.56. The summed E-state index contributed by atoms with van der Waals surface area (Å²) >= 11 is 0. The molecule has 0 heterocycles. The van der Waals surface area contributed by atoms with E-state index in [0.717, 1.165) is 17.5 Å². The van der Waals surface area contributed by atoms with Crippen molar-refractivity contribution in [3.05, 3.63) is 106 Å². The van der Waals surface area contributed by atoms with E-state index in [2.05, 4.69) is 18.8 Å². The second-order valence-electron chi connectivity index (χ2n) is 7.48. The van der Waals surface area contributed by atoms with Crippen LogP contribution in [-0.2, 0) is 12.6 Å². The minimum Gasteiger partial charge on any atom is -0.206 e. The Morgan fingerprint density at radius 2 is 1.36 bits per heavy atom. The Bertz CT molecular complexity index is 1380. The normalized spacial score (nSPS) is 11.4. The van der Waals surface area contributed by atoms with Crippen molar-refractivity contribution < 1.29 is 26.3 Å². The number of halogens is 6. The summed E-state index contributed by atoms with van der Waals surface area (Å²) in [5.74, 6) is 0.621. The Labute approximate surface area is 186 Å². The molecule has 0 atom stereocenters. The Morgan fingerprint density at radius 3 is 1.97 bits per heavy atom. The molecule has 0 saturated heterocycles. The molecule has 166 valence electrons. The maximum absolute atomic E-state index is 15.0. The van der Waals surface area contributed by atoms with E-state index in [1.54, 1.807) is 18.2 Å². The maximum atomic E-state index is 15.0. The molecule has 0 amide bonds. The summed E-state index contributed by atoms with van der Waals surface area (Å²) in [5.41, 5.74) is 0.766. The molecule has 0 aliphatic carbocycles. The lowest BCUT2D eigenvalue weighted by Crippen LogP contribution is -2.11. The Hall–Kier alpha value is -3.72. The van der Waals surface area contributed by atoms with Gasteiger partial charge in [0.05, 0.1) is 5.56 Å². The molecule has 4 aromatic rings. The van der Waals surface area contributed by atoms with Gasteiger partial charge in [0.15, 0.2) is 0 Å². The van der Waals surface area contributed by atoms with E-state index >= 15 is 0 Å². The number of rotatable bonds is 2. The summed E-state index contributed by atoms with van der Waals surface area (Å²) in [4.78, 5) is 0. The van der Waals surface area contributed by atoms with Crippen molar-refractivity contribution in [1.29, 1.82) is 0 Å². The topological polar surface area (TPSA) is 0 Å². The van der Waals surface area contributed by atoms with Crippen LogP contribution in [0, 0.1) is 29.3 Å². The molecule has 33 heavy (non-hydrogen) atoms. The van der Waals surface area contributed by atoms with Gasteiger partial charge in [-0.1, -0.05) is 61.2 Å². The lowest BCUT2D eigenvalue weighted by Gasteiger charge is -2.09. The summed E-state index contributed by atoms with van der Waals surface area (Å²) < 4.78 is 80.6. The number of aryl methyl sites for hydroxylation is 1.